The molecule has 0 bridgehead atoms. The molecule has 0 saturated carbocycles. The number of nitrogens with zero attached hydrogens (tertiary/aromatic N) is 2. The van der Waals surface area contributed by atoms with Gasteiger partial charge in [0, 0.05) is 12.2 Å². The van der Waals surface area contributed by atoms with Crippen LogP contribution in [0.1, 0.15) is 38.8 Å². The lowest BCUT2D eigenvalue weighted by Gasteiger charge is -2.14. The van der Waals surface area contributed by atoms with Crippen LogP contribution in [0.4, 0.5) is 0 Å². The van der Waals surface area contributed by atoms with Gasteiger partial charge in [0.1, 0.15) is 12.1 Å². The van der Waals surface area contributed by atoms with E-state index in [1.807, 2.05) is 12.1 Å². The Kier molecular flexibility index (Phi) is 6.87. The van der Waals surface area contributed by atoms with Gasteiger partial charge in [-0.1, -0.05) is 24.3 Å². The molecule has 0 amide bonds. The number of ether oxygens (including phenoxy) is 2. The quantitative estimate of drug-likeness (QED) is 0.574. The van der Waals surface area contributed by atoms with Crippen LogP contribution in [0.15, 0.2) is 36.4 Å². The number of carbonyl (C=O) groups is 2. The number of esters is 2. The van der Waals surface area contributed by atoms with Gasteiger partial charge in [0.05, 0.1) is 0 Å². The van der Waals surface area contributed by atoms with Gasteiger partial charge in [0.25, 0.3) is 0 Å². The van der Waals surface area contributed by atoms with E-state index in [2.05, 4.69) is 0 Å². The second kappa shape index (κ2) is 8.64. The number of benzene rings is 1. The Morgan fingerprint density at radius 2 is 1.12 bits per heavy atom. The second-order valence-corrected chi connectivity index (χ2v) is 6.42. The molecule has 1 aromatic rings. The van der Waals surface area contributed by atoms with E-state index < -0.39 is 23.1 Å². The van der Waals surface area contributed by atoms with Gasteiger partial charge in [-0.2, -0.15) is 10.5 Å². The summed E-state index contributed by atoms with van der Waals surface area (Å²) in [5.41, 5.74) is -0.848. The Hall–Kier alpha value is -3.38. The minimum atomic E-state index is -1.18. The van der Waals surface area contributed by atoms with Crippen LogP contribution < -0.4 is 0 Å². The van der Waals surface area contributed by atoms with Gasteiger partial charge in [0.15, 0.2) is 11.2 Å². The van der Waals surface area contributed by atoms with E-state index >= 15 is 0 Å². The van der Waals surface area contributed by atoms with Gasteiger partial charge >= 0.3 is 11.9 Å². The number of hydrogen-bond donors (Lipinski definition) is 0. The lowest BCUT2D eigenvalue weighted by atomic mass is 10.1. The van der Waals surface area contributed by atoms with Crippen LogP contribution in [0.5, 0.6) is 0 Å². The second-order valence-electron chi connectivity index (χ2n) is 6.42. The Morgan fingerprint density at radius 3 is 1.38 bits per heavy atom. The van der Waals surface area contributed by atoms with Crippen LogP contribution in [0, 0.1) is 22.7 Å². The molecule has 0 N–H and O–H groups in total. The lowest BCUT2D eigenvalue weighted by molar-refractivity contribution is -0.146. The Labute approximate surface area is 152 Å². The Morgan fingerprint density at radius 1 is 0.808 bits per heavy atom. The van der Waals surface area contributed by atoms with E-state index in [-0.39, 0.29) is 0 Å². The molecule has 0 aliphatic rings. The van der Waals surface area contributed by atoms with Crippen molar-refractivity contribution in [1.29, 1.82) is 10.5 Å². The monoisotopic (exact) mass is 352 g/mol. The summed E-state index contributed by atoms with van der Waals surface area (Å²) < 4.78 is 9.95. The van der Waals surface area contributed by atoms with E-state index in [1.54, 1.807) is 36.4 Å². The minimum absolute atomic E-state index is 0.608. The molecule has 134 valence electrons. The molecule has 1 aromatic carbocycles. The first-order valence-corrected chi connectivity index (χ1v) is 7.81. The third-order valence-electron chi connectivity index (χ3n) is 3.01. The molecule has 0 unspecified atom stereocenters. The first kappa shape index (κ1) is 20.7. The molecule has 0 aliphatic heterocycles. The predicted molar refractivity (Wildman–Crippen MR) is 96.1 cm³/mol. The highest BCUT2D eigenvalue weighted by Crippen LogP contribution is 2.12. The van der Waals surface area contributed by atoms with Crippen LogP contribution in [0.25, 0.3) is 12.2 Å². The molecular formula is C20H20N2O4. The summed E-state index contributed by atoms with van der Waals surface area (Å²) in [6, 6.07) is 10.8. The smallest absolute Gasteiger partial charge is 0.332 e. The van der Waals surface area contributed by atoms with Crippen molar-refractivity contribution >= 4 is 24.1 Å². The van der Waals surface area contributed by atoms with Crippen LogP contribution >= 0.6 is 0 Å². The number of hydrogen-bond acceptors (Lipinski definition) is 6. The standard InChI is InChI=1S/C20H20N2O4/c1-19(2,13-21)25-17(23)11-9-15-5-7-16(8-6-15)10-12-18(24)26-20(3,4)14-22/h5-12H,1-4H3. The molecule has 6 nitrogen and oxygen atoms in total. The van der Waals surface area contributed by atoms with Crippen molar-refractivity contribution < 1.29 is 19.1 Å². The molecule has 1 rings (SSSR count). The van der Waals surface area contributed by atoms with Crippen molar-refractivity contribution in [2.75, 3.05) is 0 Å². The fourth-order valence-electron chi connectivity index (χ4n) is 1.66. The first-order valence-electron chi connectivity index (χ1n) is 7.81. The molecule has 0 heterocycles. The fraction of sp³-hybridized carbons (Fsp3) is 0.300. The highest BCUT2D eigenvalue weighted by molar-refractivity contribution is 5.88. The van der Waals surface area contributed by atoms with Crippen LogP contribution in [0.3, 0.4) is 0 Å². The summed E-state index contributed by atoms with van der Waals surface area (Å²) in [6.45, 7) is 6.01. The minimum Gasteiger partial charge on any atom is -0.441 e. The van der Waals surface area contributed by atoms with Gasteiger partial charge in [-0.05, 0) is 51.0 Å². The summed E-state index contributed by atoms with van der Waals surface area (Å²) in [7, 11) is 0. The number of nitriles is 2. The topological polar surface area (TPSA) is 100 Å². The summed E-state index contributed by atoms with van der Waals surface area (Å²) in [6.07, 6.45) is 5.61. The average Bonchev–Trinajstić information content (AvgIpc) is 2.58. The normalized spacial score (nSPS) is 11.8. The van der Waals surface area contributed by atoms with Crippen LogP contribution in [-0.4, -0.2) is 23.1 Å². The van der Waals surface area contributed by atoms with Gasteiger partial charge in [-0.25, -0.2) is 9.59 Å². The van der Waals surface area contributed by atoms with Crippen molar-refractivity contribution in [3.8, 4) is 12.1 Å². The maximum atomic E-state index is 11.6. The van der Waals surface area contributed by atoms with Gasteiger partial charge < -0.3 is 9.47 Å². The maximum Gasteiger partial charge on any atom is 0.332 e. The molecule has 0 saturated heterocycles. The van der Waals surface area contributed by atoms with E-state index in [0.29, 0.717) is 0 Å². The van der Waals surface area contributed by atoms with Crippen molar-refractivity contribution in [2.45, 2.75) is 38.9 Å². The molecule has 0 atom stereocenters. The number of carbonyl (C=O) groups excluding carboxylic acids is 2. The van der Waals surface area contributed by atoms with E-state index in [0.717, 1.165) is 11.1 Å². The molecule has 26 heavy (non-hydrogen) atoms. The van der Waals surface area contributed by atoms with Crippen LogP contribution in [0.2, 0.25) is 0 Å². The Bertz CT molecular complexity index is 735. The molecule has 0 aromatic heterocycles. The molecule has 0 radical (unpaired) electrons. The maximum absolute atomic E-state index is 11.6. The summed E-state index contributed by atoms with van der Waals surface area (Å²) in [4.78, 5) is 23.3. The molecule has 0 fully saturated rings. The van der Waals surface area contributed by atoms with E-state index in [9.17, 15) is 9.59 Å². The zero-order valence-electron chi connectivity index (χ0n) is 15.1. The fourth-order valence-corrected chi connectivity index (χ4v) is 1.66. The highest BCUT2D eigenvalue weighted by atomic mass is 16.6. The SMILES string of the molecule is CC(C)(C#N)OC(=O)C=Cc1ccc(C=CC(=O)OC(C)(C)C#N)cc1. The largest absolute Gasteiger partial charge is 0.441 e. The zero-order chi connectivity index (χ0) is 19.8. The average molecular weight is 352 g/mol. The lowest BCUT2D eigenvalue weighted by Crippen LogP contribution is -2.24. The highest BCUT2D eigenvalue weighted by Gasteiger charge is 2.21. The number of rotatable bonds is 6. The third kappa shape index (κ3) is 7.46. The molecule has 0 spiro atoms. The van der Waals surface area contributed by atoms with E-state index in [4.69, 9.17) is 20.0 Å². The van der Waals surface area contributed by atoms with Crippen LogP contribution in [-0.2, 0) is 19.1 Å². The van der Waals surface area contributed by atoms with Crippen molar-refractivity contribution in [3.63, 3.8) is 0 Å². The van der Waals surface area contributed by atoms with Gasteiger partial charge in [-0.15, -0.1) is 0 Å². The molecule has 6 heteroatoms. The van der Waals surface area contributed by atoms with Crippen molar-refractivity contribution in [1.82, 2.24) is 0 Å². The van der Waals surface area contributed by atoms with E-state index in [1.165, 1.54) is 39.8 Å². The van der Waals surface area contributed by atoms with Crippen molar-refractivity contribution in [2.24, 2.45) is 0 Å². The van der Waals surface area contributed by atoms with Gasteiger partial charge in [0.2, 0.25) is 0 Å². The summed E-state index contributed by atoms with van der Waals surface area (Å²) >= 11 is 0. The Balaban J connectivity index is 2.67. The van der Waals surface area contributed by atoms with Gasteiger partial charge in [-0.3, -0.25) is 0 Å². The molecular weight excluding hydrogens is 332 g/mol. The zero-order valence-corrected chi connectivity index (χ0v) is 15.1. The van der Waals surface area contributed by atoms with Crippen molar-refractivity contribution in [3.05, 3.63) is 47.5 Å². The first-order chi connectivity index (χ1) is 12.1. The summed E-state index contributed by atoms with van der Waals surface area (Å²) in [5.74, 6) is -1.22. The third-order valence-corrected chi connectivity index (χ3v) is 3.01. The molecule has 0 aliphatic carbocycles. The summed E-state index contributed by atoms with van der Waals surface area (Å²) in [5, 5.41) is 17.6. The predicted octanol–water partition coefficient (Wildman–Crippen LogP) is 3.40.